The zero-order valence-corrected chi connectivity index (χ0v) is 10.4. The van der Waals surface area contributed by atoms with Crippen molar-refractivity contribution in [2.45, 2.75) is 51.5 Å². The van der Waals surface area contributed by atoms with Crippen LogP contribution in [0.15, 0.2) is 5.16 Å². The Morgan fingerprint density at radius 3 is 2.71 bits per heavy atom. The lowest BCUT2D eigenvalue weighted by atomic mass is 9.66. The zero-order chi connectivity index (χ0) is 12.5. The number of rotatable bonds is 3. The number of nitrogens with zero attached hydrogens (tertiary/aromatic N) is 2. The van der Waals surface area contributed by atoms with E-state index in [1.807, 2.05) is 4.90 Å². The summed E-state index contributed by atoms with van der Waals surface area (Å²) in [5.41, 5.74) is 5.02. The summed E-state index contributed by atoms with van der Waals surface area (Å²) in [5, 5.41) is 11.9. The van der Waals surface area contributed by atoms with Gasteiger partial charge < -0.3 is 15.8 Å². The van der Waals surface area contributed by atoms with E-state index in [4.69, 9.17) is 10.9 Å². The van der Waals surface area contributed by atoms with E-state index in [2.05, 4.69) is 12.1 Å². The highest BCUT2D eigenvalue weighted by molar-refractivity contribution is 6.07. The highest BCUT2D eigenvalue weighted by Crippen LogP contribution is 2.44. The molecule has 1 atom stereocenters. The van der Waals surface area contributed by atoms with Crippen LogP contribution >= 0.6 is 0 Å². The Kier molecular flexibility index (Phi) is 3.26. The fraction of sp³-hybridized carbons (Fsp3) is 0.833. The van der Waals surface area contributed by atoms with Gasteiger partial charge in [-0.25, -0.2) is 0 Å². The molecule has 1 aliphatic carbocycles. The van der Waals surface area contributed by atoms with Crippen molar-refractivity contribution in [1.82, 2.24) is 4.90 Å². The summed E-state index contributed by atoms with van der Waals surface area (Å²) in [6.45, 7) is 2.92. The molecule has 17 heavy (non-hydrogen) atoms. The molecule has 1 unspecified atom stereocenters. The summed E-state index contributed by atoms with van der Waals surface area (Å²) >= 11 is 0. The Bertz CT molecular complexity index is 337. The minimum absolute atomic E-state index is 0.0726. The average Bonchev–Trinajstić information content (AvgIpc) is 2.74. The van der Waals surface area contributed by atoms with Crippen molar-refractivity contribution in [3.8, 4) is 0 Å². The van der Waals surface area contributed by atoms with Crippen LogP contribution in [-0.2, 0) is 4.79 Å². The van der Waals surface area contributed by atoms with Gasteiger partial charge in [-0.05, 0) is 32.1 Å². The van der Waals surface area contributed by atoms with E-state index in [1.54, 1.807) is 0 Å². The fourth-order valence-corrected chi connectivity index (χ4v) is 3.01. The summed E-state index contributed by atoms with van der Waals surface area (Å²) in [4.78, 5) is 14.5. The first-order valence-electron chi connectivity index (χ1n) is 6.45. The van der Waals surface area contributed by atoms with Crippen LogP contribution in [0.25, 0.3) is 0 Å². The van der Waals surface area contributed by atoms with E-state index >= 15 is 0 Å². The lowest BCUT2D eigenvalue weighted by Crippen LogP contribution is -2.56. The van der Waals surface area contributed by atoms with Crippen molar-refractivity contribution in [1.29, 1.82) is 0 Å². The van der Waals surface area contributed by atoms with Gasteiger partial charge in [-0.1, -0.05) is 18.5 Å². The molecule has 3 N–H and O–H groups in total. The molecule has 1 aliphatic heterocycles. The Balaban J connectivity index is 2.18. The van der Waals surface area contributed by atoms with Gasteiger partial charge in [0, 0.05) is 12.6 Å². The van der Waals surface area contributed by atoms with Crippen molar-refractivity contribution in [3.05, 3.63) is 0 Å². The van der Waals surface area contributed by atoms with Crippen molar-refractivity contribution in [3.63, 3.8) is 0 Å². The molecule has 0 bridgehead atoms. The van der Waals surface area contributed by atoms with Crippen LogP contribution in [0.2, 0.25) is 0 Å². The second-order valence-corrected chi connectivity index (χ2v) is 5.12. The average molecular weight is 239 g/mol. The zero-order valence-electron chi connectivity index (χ0n) is 10.4. The predicted molar refractivity (Wildman–Crippen MR) is 64.7 cm³/mol. The first kappa shape index (κ1) is 12.2. The molecule has 0 radical (unpaired) electrons. The van der Waals surface area contributed by atoms with Gasteiger partial charge in [0.15, 0.2) is 5.84 Å². The summed E-state index contributed by atoms with van der Waals surface area (Å²) < 4.78 is 0. The minimum atomic E-state index is -0.702. The predicted octanol–water partition coefficient (Wildman–Crippen LogP) is 1.30. The first-order chi connectivity index (χ1) is 8.15. The molecule has 96 valence electrons. The highest BCUT2D eigenvalue weighted by atomic mass is 16.4. The summed E-state index contributed by atoms with van der Waals surface area (Å²) in [6.07, 6.45) is 5.54. The van der Waals surface area contributed by atoms with Crippen LogP contribution in [-0.4, -0.2) is 34.4 Å². The third-order valence-electron chi connectivity index (χ3n) is 4.32. The van der Waals surface area contributed by atoms with Crippen molar-refractivity contribution >= 4 is 11.7 Å². The number of carbonyl (C=O) groups excluding carboxylic acids is 1. The maximum Gasteiger partial charge on any atom is 0.236 e. The van der Waals surface area contributed by atoms with Gasteiger partial charge in [0.2, 0.25) is 5.91 Å². The molecule has 5 nitrogen and oxygen atoms in total. The van der Waals surface area contributed by atoms with Gasteiger partial charge in [0.05, 0.1) is 0 Å². The molecule has 0 aromatic heterocycles. The molecular formula is C12H21N3O2. The smallest absolute Gasteiger partial charge is 0.236 e. The highest BCUT2D eigenvalue weighted by Gasteiger charge is 2.51. The summed E-state index contributed by atoms with van der Waals surface area (Å²) in [5.74, 6) is 0.166. The second-order valence-electron chi connectivity index (χ2n) is 5.12. The monoisotopic (exact) mass is 239 g/mol. The number of carbonyl (C=O) groups is 1. The van der Waals surface area contributed by atoms with Crippen LogP contribution in [0.5, 0.6) is 0 Å². The van der Waals surface area contributed by atoms with E-state index in [0.29, 0.717) is 18.9 Å². The lowest BCUT2D eigenvalue weighted by molar-refractivity contribution is -0.143. The Labute approximate surface area is 102 Å². The van der Waals surface area contributed by atoms with Gasteiger partial charge in [-0.2, -0.15) is 0 Å². The van der Waals surface area contributed by atoms with Gasteiger partial charge in [0.1, 0.15) is 5.41 Å². The Morgan fingerprint density at radius 1 is 1.53 bits per heavy atom. The largest absolute Gasteiger partial charge is 0.409 e. The number of likely N-dealkylation sites (tertiary alicyclic amines) is 1. The molecule has 1 saturated heterocycles. The molecule has 0 spiro atoms. The number of hydrogen-bond donors (Lipinski definition) is 2. The normalized spacial score (nSPS) is 27.9. The van der Waals surface area contributed by atoms with Crippen LogP contribution in [0, 0.1) is 5.41 Å². The van der Waals surface area contributed by atoms with Gasteiger partial charge in [0.25, 0.3) is 0 Å². The van der Waals surface area contributed by atoms with E-state index in [1.165, 1.54) is 0 Å². The van der Waals surface area contributed by atoms with Crippen LogP contribution in [0.3, 0.4) is 0 Å². The summed E-state index contributed by atoms with van der Waals surface area (Å²) in [6, 6.07) is 0.339. The number of amides is 1. The molecule has 2 rings (SSSR count). The van der Waals surface area contributed by atoms with Crippen LogP contribution < -0.4 is 5.73 Å². The lowest BCUT2D eigenvalue weighted by Gasteiger charge is -2.42. The third kappa shape index (κ3) is 1.77. The van der Waals surface area contributed by atoms with Crippen molar-refractivity contribution < 1.29 is 10.0 Å². The number of hydrogen-bond acceptors (Lipinski definition) is 3. The van der Waals surface area contributed by atoms with Gasteiger partial charge in [-0.3, -0.25) is 4.79 Å². The molecule has 5 heteroatoms. The Hall–Kier alpha value is -1.26. The van der Waals surface area contributed by atoms with Crippen LogP contribution in [0.1, 0.15) is 45.4 Å². The van der Waals surface area contributed by atoms with E-state index in [-0.39, 0.29) is 11.7 Å². The van der Waals surface area contributed by atoms with Crippen molar-refractivity contribution in [2.75, 3.05) is 6.54 Å². The first-order valence-corrected chi connectivity index (χ1v) is 6.45. The van der Waals surface area contributed by atoms with Crippen LogP contribution in [0.4, 0.5) is 0 Å². The molecule has 1 heterocycles. The van der Waals surface area contributed by atoms with Crippen molar-refractivity contribution in [2.24, 2.45) is 16.3 Å². The van der Waals surface area contributed by atoms with Gasteiger partial charge in [-0.15, -0.1) is 0 Å². The van der Waals surface area contributed by atoms with Gasteiger partial charge >= 0.3 is 0 Å². The molecule has 0 aromatic carbocycles. The molecule has 0 aromatic rings. The quantitative estimate of drug-likeness (QED) is 0.337. The molecule has 1 amide bonds. The molecule has 2 aliphatic rings. The number of nitrogens with two attached hydrogens (primary N) is 1. The standard InChI is InChI=1S/C12H21N3O2/c1-2-9-5-3-8-15(9)11(16)12(6-4-7-12)10(13)14-17/h9,17H,2-8H2,1H3,(H2,13,14). The minimum Gasteiger partial charge on any atom is -0.409 e. The fourth-order valence-electron chi connectivity index (χ4n) is 3.01. The topological polar surface area (TPSA) is 78.9 Å². The SMILES string of the molecule is CCC1CCCN1C(=O)C1(C(N)=NO)CCC1. The maximum absolute atomic E-state index is 12.6. The number of amidine groups is 1. The molecular weight excluding hydrogens is 218 g/mol. The molecule has 1 saturated carbocycles. The maximum atomic E-state index is 12.6. The van der Waals surface area contributed by atoms with E-state index in [0.717, 1.165) is 32.2 Å². The third-order valence-corrected chi connectivity index (χ3v) is 4.32. The number of oxime groups is 1. The second kappa shape index (κ2) is 4.55. The summed E-state index contributed by atoms with van der Waals surface area (Å²) in [7, 11) is 0. The Morgan fingerprint density at radius 2 is 2.24 bits per heavy atom. The van der Waals surface area contributed by atoms with E-state index < -0.39 is 5.41 Å². The van der Waals surface area contributed by atoms with E-state index in [9.17, 15) is 4.79 Å². The molecule has 2 fully saturated rings.